The van der Waals surface area contributed by atoms with Crippen molar-refractivity contribution in [2.24, 2.45) is 0 Å². The minimum Gasteiger partial charge on any atom is -0.487 e. The third-order valence-electron chi connectivity index (χ3n) is 3.28. The van der Waals surface area contributed by atoms with Crippen molar-refractivity contribution < 1.29 is 18.7 Å². The number of nitrogens with zero attached hydrogens (tertiary/aromatic N) is 1. The van der Waals surface area contributed by atoms with Gasteiger partial charge >= 0.3 is 5.97 Å². The standard InChI is InChI=1S/C17H15NO4S/c1-11-14(18-16(22-11)15-4-3-9-23-15)10-21-13-7-5-12(6-8-13)17(19)20-2/h3-9H,10H2,1-2H3. The van der Waals surface area contributed by atoms with Gasteiger partial charge in [0, 0.05) is 0 Å². The molecule has 0 bridgehead atoms. The van der Waals surface area contributed by atoms with Crippen LogP contribution in [-0.2, 0) is 11.3 Å². The maximum atomic E-state index is 11.4. The molecule has 0 spiro atoms. The molecule has 2 aromatic heterocycles. The molecule has 1 aromatic carbocycles. The zero-order chi connectivity index (χ0) is 16.2. The van der Waals surface area contributed by atoms with E-state index in [1.54, 1.807) is 35.6 Å². The number of aromatic nitrogens is 1. The van der Waals surface area contributed by atoms with E-state index in [2.05, 4.69) is 9.72 Å². The summed E-state index contributed by atoms with van der Waals surface area (Å²) in [6.45, 7) is 2.17. The third-order valence-corrected chi connectivity index (χ3v) is 4.13. The highest BCUT2D eigenvalue weighted by molar-refractivity contribution is 7.13. The lowest BCUT2D eigenvalue weighted by Gasteiger charge is -2.05. The van der Waals surface area contributed by atoms with Gasteiger partial charge in [-0.1, -0.05) is 6.07 Å². The van der Waals surface area contributed by atoms with E-state index in [0.29, 0.717) is 23.8 Å². The van der Waals surface area contributed by atoms with Crippen molar-refractivity contribution in [1.82, 2.24) is 4.98 Å². The number of carbonyl (C=O) groups is 1. The highest BCUT2D eigenvalue weighted by Gasteiger charge is 2.13. The minimum atomic E-state index is -0.371. The Morgan fingerprint density at radius 2 is 2.04 bits per heavy atom. The van der Waals surface area contributed by atoms with Gasteiger partial charge in [-0.25, -0.2) is 9.78 Å². The molecule has 23 heavy (non-hydrogen) atoms. The van der Waals surface area contributed by atoms with Gasteiger partial charge in [0.25, 0.3) is 0 Å². The van der Waals surface area contributed by atoms with Crippen LogP contribution in [0.25, 0.3) is 10.8 Å². The van der Waals surface area contributed by atoms with E-state index in [0.717, 1.165) is 16.3 Å². The smallest absolute Gasteiger partial charge is 0.337 e. The molecule has 0 unspecified atom stereocenters. The molecule has 3 aromatic rings. The van der Waals surface area contributed by atoms with Gasteiger partial charge in [-0.05, 0) is 42.6 Å². The third kappa shape index (κ3) is 3.43. The molecule has 0 atom stereocenters. The number of ether oxygens (including phenoxy) is 2. The predicted molar refractivity (Wildman–Crippen MR) is 86.7 cm³/mol. The van der Waals surface area contributed by atoms with Crippen LogP contribution in [0.15, 0.2) is 46.2 Å². The fraction of sp³-hybridized carbons (Fsp3) is 0.176. The molecule has 5 nitrogen and oxygen atoms in total. The van der Waals surface area contributed by atoms with Gasteiger partial charge in [0.2, 0.25) is 5.89 Å². The first-order valence-electron chi connectivity index (χ1n) is 6.98. The van der Waals surface area contributed by atoms with Gasteiger partial charge in [-0.15, -0.1) is 11.3 Å². The van der Waals surface area contributed by atoms with Gasteiger partial charge in [0.05, 0.1) is 17.6 Å². The Kier molecular flexibility index (Phi) is 4.43. The van der Waals surface area contributed by atoms with Gasteiger partial charge in [0.15, 0.2) is 0 Å². The van der Waals surface area contributed by atoms with Crippen molar-refractivity contribution in [3.8, 4) is 16.5 Å². The van der Waals surface area contributed by atoms with Crippen molar-refractivity contribution in [3.05, 3.63) is 58.8 Å². The summed E-state index contributed by atoms with van der Waals surface area (Å²) in [6.07, 6.45) is 0. The largest absolute Gasteiger partial charge is 0.487 e. The number of carbonyl (C=O) groups excluding carboxylic acids is 1. The van der Waals surface area contributed by atoms with E-state index in [1.165, 1.54) is 7.11 Å². The molecule has 118 valence electrons. The summed E-state index contributed by atoms with van der Waals surface area (Å²) in [6, 6.07) is 10.7. The second-order valence-electron chi connectivity index (χ2n) is 4.80. The monoisotopic (exact) mass is 329 g/mol. The maximum Gasteiger partial charge on any atom is 0.337 e. The van der Waals surface area contributed by atoms with Crippen LogP contribution < -0.4 is 4.74 Å². The lowest BCUT2D eigenvalue weighted by atomic mass is 10.2. The minimum absolute atomic E-state index is 0.304. The lowest BCUT2D eigenvalue weighted by Crippen LogP contribution is -2.01. The fourth-order valence-corrected chi connectivity index (χ4v) is 2.67. The highest BCUT2D eigenvalue weighted by Crippen LogP contribution is 2.26. The van der Waals surface area contributed by atoms with Crippen LogP contribution in [0.2, 0.25) is 0 Å². The van der Waals surface area contributed by atoms with Crippen LogP contribution in [0.4, 0.5) is 0 Å². The molecule has 0 fully saturated rings. The predicted octanol–water partition coefficient (Wildman–Crippen LogP) is 4.08. The van der Waals surface area contributed by atoms with Crippen LogP contribution in [0, 0.1) is 6.92 Å². The second-order valence-corrected chi connectivity index (χ2v) is 5.75. The number of hydrogen-bond acceptors (Lipinski definition) is 6. The van der Waals surface area contributed by atoms with Crippen LogP contribution in [0.1, 0.15) is 21.8 Å². The molecule has 0 aliphatic heterocycles. The molecule has 0 saturated heterocycles. The van der Waals surface area contributed by atoms with Crippen LogP contribution in [0.5, 0.6) is 5.75 Å². The molecule has 0 amide bonds. The number of benzene rings is 1. The molecular weight excluding hydrogens is 314 g/mol. The number of aryl methyl sites for hydroxylation is 1. The summed E-state index contributed by atoms with van der Waals surface area (Å²) in [4.78, 5) is 16.8. The van der Waals surface area contributed by atoms with Crippen molar-refractivity contribution in [1.29, 1.82) is 0 Å². The molecule has 0 saturated carbocycles. The van der Waals surface area contributed by atoms with Crippen LogP contribution in [-0.4, -0.2) is 18.1 Å². The number of esters is 1. The Balaban J connectivity index is 1.68. The summed E-state index contributed by atoms with van der Waals surface area (Å²) in [5.74, 6) is 1.62. The Morgan fingerprint density at radius 1 is 1.26 bits per heavy atom. The Labute approximate surface area is 137 Å². The van der Waals surface area contributed by atoms with Crippen LogP contribution in [0.3, 0.4) is 0 Å². The van der Waals surface area contributed by atoms with E-state index in [9.17, 15) is 4.79 Å². The molecule has 3 rings (SSSR count). The van der Waals surface area contributed by atoms with E-state index in [-0.39, 0.29) is 5.97 Å². The first-order chi connectivity index (χ1) is 11.2. The summed E-state index contributed by atoms with van der Waals surface area (Å²) in [7, 11) is 1.35. The number of oxazole rings is 1. The number of thiophene rings is 1. The second kappa shape index (κ2) is 6.66. The van der Waals surface area contributed by atoms with Crippen molar-refractivity contribution in [2.45, 2.75) is 13.5 Å². The van der Waals surface area contributed by atoms with Crippen molar-refractivity contribution in [2.75, 3.05) is 7.11 Å². The molecular formula is C17H15NO4S. The van der Waals surface area contributed by atoms with E-state index < -0.39 is 0 Å². The molecule has 0 radical (unpaired) electrons. The summed E-state index contributed by atoms with van der Waals surface area (Å²) in [5, 5.41) is 1.98. The molecule has 0 aliphatic carbocycles. The number of rotatable bonds is 5. The Morgan fingerprint density at radius 3 is 2.70 bits per heavy atom. The topological polar surface area (TPSA) is 61.6 Å². The average molecular weight is 329 g/mol. The first-order valence-corrected chi connectivity index (χ1v) is 7.86. The maximum absolute atomic E-state index is 11.4. The zero-order valence-corrected chi connectivity index (χ0v) is 13.6. The molecule has 0 aliphatic rings. The van der Waals surface area contributed by atoms with E-state index in [4.69, 9.17) is 9.15 Å². The molecule has 0 N–H and O–H groups in total. The number of methoxy groups -OCH3 is 1. The van der Waals surface area contributed by atoms with E-state index in [1.807, 2.05) is 24.4 Å². The van der Waals surface area contributed by atoms with Crippen molar-refractivity contribution >= 4 is 17.3 Å². The number of hydrogen-bond donors (Lipinski definition) is 0. The summed E-state index contributed by atoms with van der Waals surface area (Å²) in [5.41, 5.74) is 1.24. The molecule has 2 heterocycles. The normalized spacial score (nSPS) is 10.5. The molecule has 6 heteroatoms. The zero-order valence-electron chi connectivity index (χ0n) is 12.7. The average Bonchev–Trinajstić information content (AvgIpc) is 3.22. The quantitative estimate of drug-likeness (QED) is 0.660. The van der Waals surface area contributed by atoms with Gasteiger partial charge in [0.1, 0.15) is 23.8 Å². The lowest BCUT2D eigenvalue weighted by molar-refractivity contribution is 0.0600. The SMILES string of the molecule is COC(=O)c1ccc(OCc2nc(-c3cccs3)oc2C)cc1. The summed E-state index contributed by atoms with van der Waals surface area (Å²) >= 11 is 1.58. The Hall–Kier alpha value is -2.60. The first kappa shape index (κ1) is 15.3. The van der Waals surface area contributed by atoms with Gasteiger partial charge < -0.3 is 13.9 Å². The highest BCUT2D eigenvalue weighted by atomic mass is 32.1. The van der Waals surface area contributed by atoms with Crippen LogP contribution >= 0.6 is 11.3 Å². The van der Waals surface area contributed by atoms with Gasteiger partial charge in [-0.2, -0.15) is 0 Å². The van der Waals surface area contributed by atoms with Gasteiger partial charge in [-0.3, -0.25) is 0 Å². The van der Waals surface area contributed by atoms with Crippen molar-refractivity contribution in [3.63, 3.8) is 0 Å². The summed E-state index contributed by atoms with van der Waals surface area (Å²) < 4.78 is 16.0. The van der Waals surface area contributed by atoms with E-state index >= 15 is 0 Å². The fourth-order valence-electron chi connectivity index (χ4n) is 2.02. The Bertz CT molecular complexity index is 791.